The Hall–Kier alpha value is -2.37. The summed E-state index contributed by atoms with van der Waals surface area (Å²) in [6.45, 7) is 5.27. The summed E-state index contributed by atoms with van der Waals surface area (Å²) in [5, 5.41) is 4.26. The molecule has 5 rings (SSSR count). The number of allylic oxidation sites excluding steroid dienone is 3. The van der Waals surface area contributed by atoms with Gasteiger partial charge in [0.15, 0.2) is 0 Å². The lowest BCUT2D eigenvalue weighted by atomic mass is 9.46. The molecule has 1 heterocycles. The molecular formula is C24H31N3O3. The van der Waals surface area contributed by atoms with Gasteiger partial charge in [0.05, 0.1) is 0 Å². The fourth-order valence-corrected chi connectivity index (χ4v) is 7.28. The maximum Gasteiger partial charge on any atom is 0.332 e. The highest BCUT2D eigenvalue weighted by Crippen LogP contribution is 2.65. The number of hydrogen-bond acceptors (Lipinski definition) is 4. The predicted molar refractivity (Wildman–Crippen MR) is 114 cm³/mol. The summed E-state index contributed by atoms with van der Waals surface area (Å²) in [7, 11) is 0. The third-order valence-electron chi connectivity index (χ3n) is 8.87. The van der Waals surface area contributed by atoms with Gasteiger partial charge in [0.25, 0.3) is 0 Å². The normalized spacial score (nSPS) is 41.1. The molecule has 6 nitrogen and oxygen atoms in total. The Kier molecular flexibility index (Phi) is 4.46. The Morgan fingerprint density at radius 1 is 1.23 bits per heavy atom. The zero-order valence-electron chi connectivity index (χ0n) is 17.9. The number of carbonyl (C=O) groups is 2. The fourth-order valence-electron chi connectivity index (χ4n) is 7.28. The van der Waals surface area contributed by atoms with E-state index in [0.29, 0.717) is 29.8 Å². The number of esters is 1. The van der Waals surface area contributed by atoms with E-state index in [9.17, 15) is 9.59 Å². The number of urea groups is 1. The largest absolute Gasteiger partial charge is 0.458 e. The molecular weight excluding hydrogens is 378 g/mol. The summed E-state index contributed by atoms with van der Waals surface area (Å²) in [5.74, 6) is 1.70. The Labute approximate surface area is 177 Å². The minimum Gasteiger partial charge on any atom is -0.458 e. The maximum atomic E-state index is 11.6. The predicted octanol–water partition coefficient (Wildman–Crippen LogP) is 3.99. The standard InChI is InChI=1S/C24H31N3O3/c1-23-9-7-16(26-27-22(25)29)12-15(23)3-4-17-19-6-5-18(14-11-21(28)30-13-14)24(19,2)10-8-20(17)23/h5-6,11,15,17,20H,3-4,7-10,12-13H2,1-2H3,(H3,25,27,29)/t15-,17+,20-,23-,24+/m0/s1. The molecule has 5 atom stereocenters. The van der Waals surface area contributed by atoms with Crippen LogP contribution >= 0.6 is 0 Å². The summed E-state index contributed by atoms with van der Waals surface area (Å²) in [5.41, 5.74) is 13.0. The van der Waals surface area contributed by atoms with Gasteiger partial charge in [-0.05, 0) is 73.7 Å². The van der Waals surface area contributed by atoms with E-state index in [0.717, 1.165) is 37.0 Å². The Balaban J connectivity index is 1.36. The topological polar surface area (TPSA) is 93.8 Å². The van der Waals surface area contributed by atoms with Crippen molar-refractivity contribution in [3.8, 4) is 0 Å². The fraction of sp³-hybridized carbons (Fsp3) is 0.625. The van der Waals surface area contributed by atoms with E-state index in [-0.39, 0.29) is 11.4 Å². The number of nitrogens with two attached hydrogens (primary N) is 1. The number of nitrogens with one attached hydrogen (secondary N) is 1. The average Bonchev–Trinajstić information content (AvgIpc) is 3.28. The average molecular weight is 410 g/mol. The van der Waals surface area contributed by atoms with E-state index in [4.69, 9.17) is 10.5 Å². The second-order valence-corrected chi connectivity index (χ2v) is 10.2. The number of rotatable bonds is 2. The molecule has 4 aliphatic carbocycles. The number of hydrogen-bond donors (Lipinski definition) is 2. The summed E-state index contributed by atoms with van der Waals surface area (Å²) in [6, 6.07) is -0.591. The summed E-state index contributed by atoms with van der Waals surface area (Å²) in [6.07, 6.45) is 14.1. The van der Waals surface area contributed by atoms with Crippen molar-refractivity contribution in [1.29, 1.82) is 0 Å². The van der Waals surface area contributed by atoms with Gasteiger partial charge in [-0.1, -0.05) is 31.6 Å². The van der Waals surface area contributed by atoms with Gasteiger partial charge in [-0.25, -0.2) is 15.0 Å². The molecule has 0 unspecified atom stereocenters. The quantitative estimate of drug-likeness (QED) is 0.533. The van der Waals surface area contributed by atoms with E-state index >= 15 is 0 Å². The van der Waals surface area contributed by atoms with Gasteiger partial charge in [0, 0.05) is 22.8 Å². The van der Waals surface area contributed by atoms with Crippen molar-refractivity contribution in [3.63, 3.8) is 0 Å². The van der Waals surface area contributed by atoms with E-state index in [1.807, 2.05) is 0 Å². The third-order valence-corrected chi connectivity index (χ3v) is 8.87. The van der Waals surface area contributed by atoms with Crippen LogP contribution in [0.25, 0.3) is 0 Å². The minimum atomic E-state index is -0.591. The van der Waals surface area contributed by atoms with Gasteiger partial charge >= 0.3 is 12.0 Å². The number of nitrogens with zero attached hydrogens (tertiary/aromatic N) is 1. The van der Waals surface area contributed by atoms with Crippen LogP contribution in [0, 0.1) is 28.6 Å². The van der Waals surface area contributed by atoms with E-state index in [1.165, 1.54) is 24.8 Å². The van der Waals surface area contributed by atoms with E-state index in [2.05, 4.69) is 36.5 Å². The van der Waals surface area contributed by atoms with Crippen molar-refractivity contribution in [2.75, 3.05) is 6.61 Å². The first-order valence-corrected chi connectivity index (χ1v) is 11.2. The van der Waals surface area contributed by atoms with Gasteiger partial charge in [0.1, 0.15) is 6.61 Å². The molecule has 0 spiro atoms. The van der Waals surface area contributed by atoms with Crippen LogP contribution in [0.5, 0.6) is 0 Å². The number of amides is 2. The highest BCUT2D eigenvalue weighted by Gasteiger charge is 2.56. The highest BCUT2D eigenvalue weighted by molar-refractivity contribution is 5.87. The molecule has 2 amide bonds. The van der Waals surface area contributed by atoms with Crippen LogP contribution < -0.4 is 11.2 Å². The SMILES string of the molecule is C[C@]12CC[C@H]3[C@H](CC[C@H]4CC(=NNC(N)=O)CC[C@@]43C)C1=CC=C2C1=CC(=O)OC1. The van der Waals surface area contributed by atoms with Crippen LogP contribution in [0.15, 0.2) is 40.0 Å². The molecule has 6 heteroatoms. The van der Waals surface area contributed by atoms with Crippen LogP contribution in [0.2, 0.25) is 0 Å². The second-order valence-electron chi connectivity index (χ2n) is 10.2. The van der Waals surface area contributed by atoms with Crippen molar-refractivity contribution in [2.45, 2.75) is 58.8 Å². The number of cyclic esters (lactones) is 1. The first-order chi connectivity index (χ1) is 14.3. The minimum absolute atomic E-state index is 0.0386. The number of fused-ring (bicyclic) bond motifs is 5. The molecule has 0 bridgehead atoms. The molecule has 0 aromatic carbocycles. The van der Waals surface area contributed by atoms with Crippen molar-refractivity contribution in [2.24, 2.45) is 39.4 Å². The number of carbonyl (C=O) groups excluding carboxylic acids is 2. The molecule has 3 saturated carbocycles. The van der Waals surface area contributed by atoms with Crippen LogP contribution in [0.4, 0.5) is 4.79 Å². The molecule has 30 heavy (non-hydrogen) atoms. The Morgan fingerprint density at radius 2 is 2.07 bits per heavy atom. The summed E-state index contributed by atoms with van der Waals surface area (Å²) >= 11 is 0. The van der Waals surface area contributed by atoms with Crippen molar-refractivity contribution < 1.29 is 14.3 Å². The molecule has 3 N–H and O–H groups in total. The van der Waals surface area contributed by atoms with Gasteiger partial charge in [0.2, 0.25) is 0 Å². The third kappa shape index (κ3) is 2.87. The van der Waals surface area contributed by atoms with Crippen LogP contribution in [-0.2, 0) is 9.53 Å². The molecule has 0 saturated heterocycles. The second kappa shape index (κ2) is 6.82. The smallest absolute Gasteiger partial charge is 0.332 e. The van der Waals surface area contributed by atoms with Gasteiger partial charge in [-0.15, -0.1) is 0 Å². The molecule has 3 fully saturated rings. The first kappa shape index (κ1) is 19.6. The zero-order chi connectivity index (χ0) is 21.1. The number of hydrazone groups is 1. The molecule has 5 aliphatic rings. The van der Waals surface area contributed by atoms with Gasteiger partial charge in [-0.3, -0.25) is 0 Å². The molecule has 0 aromatic heterocycles. The molecule has 160 valence electrons. The Bertz CT molecular complexity index is 930. The van der Waals surface area contributed by atoms with Gasteiger partial charge in [-0.2, -0.15) is 5.10 Å². The lowest BCUT2D eigenvalue weighted by Gasteiger charge is -2.58. The summed E-state index contributed by atoms with van der Waals surface area (Å²) < 4.78 is 5.20. The zero-order valence-corrected chi connectivity index (χ0v) is 17.9. The number of ether oxygens (including phenoxy) is 1. The van der Waals surface area contributed by atoms with E-state index in [1.54, 1.807) is 11.6 Å². The van der Waals surface area contributed by atoms with Crippen molar-refractivity contribution in [3.05, 3.63) is 34.9 Å². The summed E-state index contributed by atoms with van der Waals surface area (Å²) in [4.78, 5) is 22.6. The molecule has 1 aliphatic heterocycles. The lowest BCUT2D eigenvalue weighted by Crippen LogP contribution is -2.51. The van der Waals surface area contributed by atoms with Gasteiger partial charge < -0.3 is 10.5 Å². The first-order valence-electron chi connectivity index (χ1n) is 11.2. The van der Waals surface area contributed by atoms with Crippen LogP contribution in [0.1, 0.15) is 58.8 Å². The highest BCUT2D eigenvalue weighted by atomic mass is 16.5. The maximum absolute atomic E-state index is 11.6. The van der Waals surface area contributed by atoms with Crippen molar-refractivity contribution >= 4 is 17.7 Å². The monoisotopic (exact) mass is 409 g/mol. The lowest BCUT2D eigenvalue weighted by molar-refractivity contribution is -0.134. The van der Waals surface area contributed by atoms with Crippen molar-refractivity contribution in [1.82, 2.24) is 5.43 Å². The molecule has 0 radical (unpaired) electrons. The Morgan fingerprint density at radius 3 is 2.80 bits per heavy atom. The number of primary amides is 1. The van der Waals surface area contributed by atoms with Crippen LogP contribution in [-0.4, -0.2) is 24.3 Å². The van der Waals surface area contributed by atoms with Crippen LogP contribution in [0.3, 0.4) is 0 Å². The molecule has 0 aromatic rings. The van der Waals surface area contributed by atoms with E-state index < -0.39 is 6.03 Å².